The Labute approximate surface area is 76.6 Å². The molecular formula is C9H11N3O. The van der Waals surface area contributed by atoms with E-state index in [1.165, 1.54) is 0 Å². The maximum atomic E-state index is 11.2. The molecule has 0 aliphatic carbocycles. The maximum Gasteiger partial charge on any atom is 0.237 e. The molecule has 2 heterocycles. The van der Waals surface area contributed by atoms with Crippen molar-refractivity contribution < 1.29 is 4.79 Å². The lowest BCUT2D eigenvalue weighted by Gasteiger charge is -2.13. The number of rotatable bonds is 2. The fraction of sp³-hybridized carbons (Fsp3) is 0.333. The first-order valence-corrected chi connectivity index (χ1v) is 4.23. The molecule has 1 aliphatic heterocycles. The quantitative estimate of drug-likeness (QED) is 0.690. The maximum absolute atomic E-state index is 11.2. The molecule has 1 aromatic heterocycles. The van der Waals surface area contributed by atoms with Crippen LogP contribution in [0.4, 0.5) is 0 Å². The van der Waals surface area contributed by atoms with Crippen LogP contribution in [0.5, 0.6) is 0 Å². The van der Waals surface area contributed by atoms with Crippen LogP contribution in [-0.4, -0.2) is 29.0 Å². The van der Waals surface area contributed by atoms with Crippen LogP contribution in [0.1, 0.15) is 5.56 Å². The zero-order chi connectivity index (χ0) is 9.10. The van der Waals surface area contributed by atoms with Crippen molar-refractivity contribution in [1.82, 2.24) is 15.2 Å². The first-order chi connectivity index (χ1) is 6.36. The molecule has 0 radical (unpaired) electrons. The van der Waals surface area contributed by atoms with E-state index in [0.717, 1.165) is 5.56 Å². The average Bonchev–Trinajstić information content (AvgIpc) is 2.54. The van der Waals surface area contributed by atoms with Crippen molar-refractivity contribution in [2.45, 2.75) is 6.54 Å². The van der Waals surface area contributed by atoms with Crippen molar-refractivity contribution in [3.05, 3.63) is 30.1 Å². The summed E-state index contributed by atoms with van der Waals surface area (Å²) >= 11 is 0. The van der Waals surface area contributed by atoms with Gasteiger partial charge in [-0.25, -0.2) is 0 Å². The molecule has 68 valence electrons. The van der Waals surface area contributed by atoms with E-state index in [1.807, 2.05) is 12.1 Å². The van der Waals surface area contributed by atoms with Gasteiger partial charge in [0.2, 0.25) is 5.91 Å². The number of aromatic nitrogens is 1. The standard InChI is InChI=1S/C9H11N3O/c13-9-5-11-7-12(9)6-8-2-1-3-10-4-8/h1-4,11H,5-7H2. The van der Waals surface area contributed by atoms with E-state index in [4.69, 9.17) is 0 Å². The van der Waals surface area contributed by atoms with Crippen LogP contribution in [0.15, 0.2) is 24.5 Å². The number of hydrogen-bond acceptors (Lipinski definition) is 3. The van der Waals surface area contributed by atoms with Gasteiger partial charge in [-0.3, -0.25) is 15.1 Å². The van der Waals surface area contributed by atoms with Crippen molar-refractivity contribution in [2.24, 2.45) is 0 Å². The summed E-state index contributed by atoms with van der Waals surface area (Å²) in [7, 11) is 0. The van der Waals surface area contributed by atoms with Crippen molar-refractivity contribution >= 4 is 5.91 Å². The molecule has 2 rings (SSSR count). The van der Waals surface area contributed by atoms with Crippen LogP contribution in [-0.2, 0) is 11.3 Å². The summed E-state index contributed by atoms with van der Waals surface area (Å²) in [6, 6.07) is 3.85. The minimum Gasteiger partial charge on any atom is -0.324 e. The van der Waals surface area contributed by atoms with Crippen LogP contribution in [0.2, 0.25) is 0 Å². The lowest BCUT2D eigenvalue weighted by molar-refractivity contribution is -0.127. The second kappa shape index (κ2) is 3.53. The Morgan fingerprint density at radius 1 is 1.62 bits per heavy atom. The molecule has 1 N–H and O–H groups in total. The fourth-order valence-corrected chi connectivity index (χ4v) is 1.35. The van der Waals surface area contributed by atoms with Gasteiger partial charge >= 0.3 is 0 Å². The number of nitrogens with one attached hydrogen (secondary N) is 1. The fourth-order valence-electron chi connectivity index (χ4n) is 1.35. The number of hydrogen-bond donors (Lipinski definition) is 1. The lowest BCUT2D eigenvalue weighted by atomic mass is 10.3. The normalized spacial score (nSPS) is 16.6. The topological polar surface area (TPSA) is 45.2 Å². The molecule has 1 saturated heterocycles. The number of nitrogens with zero attached hydrogens (tertiary/aromatic N) is 2. The Morgan fingerprint density at radius 3 is 3.15 bits per heavy atom. The number of carbonyl (C=O) groups excluding carboxylic acids is 1. The van der Waals surface area contributed by atoms with Gasteiger partial charge in [0.25, 0.3) is 0 Å². The first-order valence-electron chi connectivity index (χ1n) is 4.23. The molecule has 4 nitrogen and oxygen atoms in total. The first kappa shape index (κ1) is 8.19. The summed E-state index contributed by atoms with van der Waals surface area (Å²) in [5.74, 6) is 0.156. The van der Waals surface area contributed by atoms with E-state index < -0.39 is 0 Å². The third-order valence-electron chi connectivity index (χ3n) is 2.03. The number of carbonyl (C=O) groups is 1. The van der Waals surface area contributed by atoms with E-state index in [1.54, 1.807) is 17.3 Å². The Kier molecular flexibility index (Phi) is 2.23. The van der Waals surface area contributed by atoms with Crippen molar-refractivity contribution in [2.75, 3.05) is 13.2 Å². The van der Waals surface area contributed by atoms with Crippen LogP contribution in [0.25, 0.3) is 0 Å². The van der Waals surface area contributed by atoms with Gasteiger partial charge < -0.3 is 4.90 Å². The smallest absolute Gasteiger partial charge is 0.237 e. The molecule has 1 fully saturated rings. The van der Waals surface area contributed by atoms with Gasteiger partial charge in [0.1, 0.15) is 0 Å². The van der Waals surface area contributed by atoms with Crippen LogP contribution >= 0.6 is 0 Å². The summed E-state index contributed by atoms with van der Waals surface area (Å²) in [5, 5.41) is 3.00. The highest BCUT2D eigenvalue weighted by Crippen LogP contribution is 2.04. The second-order valence-electron chi connectivity index (χ2n) is 3.04. The van der Waals surface area contributed by atoms with Gasteiger partial charge in [0.15, 0.2) is 0 Å². The molecule has 13 heavy (non-hydrogen) atoms. The highest BCUT2D eigenvalue weighted by atomic mass is 16.2. The summed E-state index contributed by atoms with van der Waals surface area (Å²) in [4.78, 5) is 17.0. The Morgan fingerprint density at radius 2 is 2.54 bits per heavy atom. The molecule has 1 aromatic rings. The van der Waals surface area contributed by atoms with Gasteiger partial charge in [-0.1, -0.05) is 6.07 Å². The number of pyridine rings is 1. The zero-order valence-corrected chi connectivity index (χ0v) is 7.23. The van der Waals surface area contributed by atoms with Crippen molar-refractivity contribution in [1.29, 1.82) is 0 Å². The van der Waals surface area contributed by atoms with Gasteiger partial charge in [-0.15, -0.1) is 0 Å². The third kappa shape index (κ3) is 1.84. The van der Waals surface area contributed by atoms with Gasteiger partial charge in [-0.05, 0) is 11.6 Å². The second-order valence-corrected chi connectivity index (χ2v) is 3.04. The van der Waals surface area contributed by atoms with Crippen LogP contribution in [0.3, 0.4) is 0 Å². The molecule has 1 aliphatic rings. The van der Waals surface area contributed by atoms with Crippen LogP contribution in [0, 0.1) is 0 Å². The highest BCUT2D eigenvalue weighted by Gasteiger charge is 2.18. The molecule has 0 spiro atoms. The third-order valence-corrected chi connectivity index (χ3v) is 2.03. The highest BCUT2D eigenvalue weighted by molar-refractivity contribution is 5.79. The summed E-state index contributed by atoms with van der Waals surface area (Å²) in [5.41, 5.74) is 1.07. The Hall–Kier alpha value is -1.42. The van der Waals surface area contributed by atoms with Crippen molar-refractivity contribution in [3.63, 3.8) is 0 Å². The minimum atomic E-state index is 0.156. The largest absolute Gasteiger partial charge is 0.324 e. The molecule has 0 aromatic carbocycles. The van der Waals surface area contributed by atoms with Gasteiger partial charge in [0.05, 0.1) is 13.2 Å². The monoisotopic (exact) mass is 177 g/mol. The predicted molar refractivity (Wildman–Crippen MR) is 47.7 cm³/mol. The van der Waals surface area contributed by atoms with E-state index in [0.29, 0.717) is 19.8 Å². The van der Waals surface area contributed by atoms with Gasteiger partial charge in [-0.2, -0.15) is 0 Å². The van der Waals surface area contributed by atoms with E-state index in [9.17, 15) is 4.79 Å². The molecule has 4 heteroatoms. The molecule has 0 bridgehead atoms. The van der Waals surface area contributed by atoms with Crippen molar-refractivity contribution in [3.8, 4) is 0 Å². The Bertz CT molecular complexity index is 299. The molecule has 0 unspecified atom stereocenters. The molecule has 0 saturated carbocycles. The van der Waals surface area contributed by atoms with Gasteiger partial charge in [0, 0.05) is 18.9 Å². The lowest BCUT2D eigenvalue weighted by Crippen LogP contribution is -2.25. The summed E-state index contributed by atoms with van der Waals surface area (Å²) in [6.07, 6.45) is 3.51. The predicted octanol–water partition coefficient (Wildman–Crippen LogP) is -0.0291. The van der Waals surface area contributed by atoms with E-state index >= 15 is 0 Å². The Balaban J connectivity index is 2.02. The minimum absolute atomic E-state index is 0.156. The molecule has 0 atom stereocenters. The molecular weight excluding hydrogens is 166 g/mol. The summed E-state index contributed by atoms with van der Waals surface area (Å²) < 4.78 is 0. The average molecular weight is 177 g/mol. The number of amides is 1. The summed E-state index contributed by atoms with van der Waals surface area (Å²) in [6.45, 7) is 1.76. The SMILES string of the molecule is O=C1CNCN1Cc1cccnc1. The molecule has 1 amide bonds. The zero-order valence-electron chi connectivity index (χ0n) is 7.23. The van der Waals surface area contributed by atoms with E-state index in [2.05, 4.69) is 10.3 Å². The van der Waals surface area contributed by atoms with E-state index in [-0.39, 0.29) is 5.91 Å². The van der Waals surface area contributed by atoms with Crippen LogP contribution < -0.4 is 5.32 Å².